The Bertz CT molecular complexity index is 814. The molecule has 3 rings (SSSR count). The second-order valence-electron chi connectivity index (χ2n) is 4.69. The molecule has 3 nitrogen and oxygen atoms in total. The minimum absolute atomic E-state index is 0.524. The number of alkyl halides is 1. The van der Waals surface area contributed by atoms with Crippen LogP contribution in [0.4, 0.5) is 0 Å². The fraction of sp³-hybridized carbons (Fsp3) is 0.200. The van der Waals surface area contributed by atoms with Crippen LogP contribution in [-0.2, 0) is 6.42 Å². The zero-order chi connectivity index (χ0) is 15.0. The van der Waals surface area contributed by atoms with Gasteiger partial charge in [0, 0.05) is 26.9 Å². The number of halogens is 3. The van der Waals surface area contributed by atoms with Crippen molar-refractivity contribution in [3.63, 3.8) is 0 Å². The van der Waals surface area contributed by atoms with Crippen LogP contribution in [-0.4, -0.2) is 20.4 Å². The molecule has 21 heavy (non-hydrogen) atoms. The molecular formula is C15H12Br2ClN3. The minimum Gasteiger partial charge on any atom is -0.280 e. The smallest absolute Gasteiger partial charge is 0.164 e. The number of nitrogens with zero attached hydrogens (tertiary/aromatic N) is 3. The molecule has 0 amide bonds. The number of rotatable bonds is 3. The number of fused-ring (bicyclic) bond motifs is 1. The Balaban J connectivity index is 2.32. The van der Waals surface area contributed by atoms with Crippen LogP contribution in [0.25, 0.3) is 16.9 Å². The average molecular weight is 430 g/mol. The normalized spacial score (nSPS) is 11.2. The molecule has 108 valence electrons. The van der Waals surface area contributed by atoms with Gasteiger partial charge in [0.25, 0.3) is 0 Å². The fourth-order valence-electron chi connectivity index (χ4n) is 2.27. The molecule has 0 fully saturated rings. The predicted molar refractivity (Wildman–Crippen MR) is 93.4 cm³/mol. The van der Waals surface area contributed by atoms with Gasteiger partial charge in [0.1, 0.15) is 11.3 Å². The summed E-state index contributed by atoms with van der Waals surface area (Å²) in [5.74, 6) is 1.44. The molecule has 2 aromatic heterocycles. The first-order valence-corrected chi connectivity index (χ1v) is 8.58. The number of aromatic nitrogens is 3. The van der Waals surface area contributed by atoms with Gasteiger partial charge in [0.15, 0.2) is 5.65 Å². The van der Waals surface area contributed by atoms with Crippen molar-refractivity contribution >= 4 is 54.6 Å². The van der Waals surface area contributed by atoms with E-state index in [-0.39, 0.29) is 0 Å². The zero-order valence-electron chi connectivity index (χ0n) is 11.3. The molecule has 0 atom stereocenters. The van der Waals surface area contributed by atoms with Gasteiger partial charge in [-0.25, -0.2) is 9.97 Å². The first kappa shape index (κ1) is 15.0. The van der Waals surface area contributed by atoms with Gasteiger partial charge in [0.05, 0.1) is 5.69 Å². The Morgan fingerprint density at radius 3 is 2.67 bits per heavy atom. The highest BCUT2D eigenvalue weighted by Crippen LogP contribution is 2.29. The Hall–Kier alpha value is -0.910. The van der Waals surface area contributed by atoms with Crippen molar-refractivity contribution in [2.24, 2.45) is 0 Å². The summed E-state index contributed by atoms with van der Waals surface area (Å²) in [6, 6.07) is 10.0. The summed E-state index contributed by atoms with van der Waals surface area (Å²) in [7, 11) is 0. The molecule has 0 radical (unpaired) electrons. The highest BCUT2D eigenvalue weighted by molar-refractivity contribution is 9.11. The van der Waals surface area contributed by atoms with Gasteiger partial charge in [-0.2, -0.15) is 0 Å². The third kappa shape index (κ3) is 2.87. The largest absolute Gasteiger partial charge is 0.280 e. The van der Waals surface area contributed by atoms with Crippen molar-refractivity contribution in [3.8, 4) is 5.69 Å². The van der Waals surface area contributed by atoms with Crippen LogP contribution < -0.4 is 0 Å². The molecule has 2 heterocycles. The summed E-state index contributed by atoms with van der Waals surface area (Å²) in [5.41, 5.74) is 3.72. The van der Waals surface area contributed by atoms with E-state index >= 15 is 0 Å². The van der Waals surface area contributed by atoms with E-state index in [2.05, 4.69) is 46.4 Å². The number of benzene rings is 1. The number of pyridine rings is 1. The number of hydrogen-bond donors (Lipinski definition) is 0. The van der Waals surface area contributed by atoms with Gasteiger partial charge in [-0.1, -0.05) is 15.9 Å². The van der Waals surface area contributed by atoms with Crippen LogP contribution in [0.15, 0.2) is 39.3 Å². The second kappa shape index (κ2) is 6.07. The van der Waals surface area contributed by atoms with Crippen LogP contribution in [0.3, 0.4) is 0 Å². The molecule has 0 aliphatic rings. The monoisotopic (exact) mass is 427 g/mol. The molecular weight excluding hydrogens is 417 g/mol. The second-order valence-corrected chi connectivity index (χ2v) is 6.84. The van der Waals surface area contributed by atoms with E-state index in [4.69, 9.17) is 11.6 Å². The van der Waals surface area contributed by atoms with Gasteiger partial charge < -0.3 is 0 Å². The van der Waals surface area contributed by atoms with Gasteiger partial charge in [-0.05, 0) is 53.2 Å². The number of imidazole rings is 1. The van der Waals surface area contributed by atoms with Crippen molar-refractivity contribution in [1.82, 2.24) is 14.5 Å². The Morgan fingerprint density at radius 1 is 1.14 bits per heavy atom. The van der Waals surface area contributed by atoms with Crippen molar-refractivity contribution in [3.05, 3.63) is 50.8 Å². The van der Waals surface area contributed by atoms with Crippen molar-refractivity contribution in [1.29, 1.82) is 0 Å². The van der Waals surface area contributed by atoms with Crippen LogP contribution in [0.2, 0.25) is 0 Å². The van der Waals surface area contributed by atoms with Crippen LogP contribution in [0, 0.1) is 6.92 Å². The molecule has 0 aliphatic heterocycles. The molecule has 0 unspecified atom stereocenters. The van der Waals surface area contributed by atoms with E-state index in [1.54, 1.807) is 0 Å². The summed E-state index contributed by atoms with van der Waals surface area (Å²) in [4.78, 5) is 9.31. The van der Waals surface area contributed by atoms with E-state index < -0.39 is 0 Å². The minimum atomic E-state index is 0.524. The van der Waals surface area contributed by atoms with Gasteiger partial charge in [-0.15, -0.1) is 11.6 Å². The molecule has 0 N–H and O–H groups in total. The summed E-state index contributed by atoms with van der Waals surface area (Å²) in [6.45, 7) is 1.98. The summed E-state index contributed by atoms with van der Waals surface area (Å²) in [5, 5.41) is 0. The van der Waals surface area contributed by atoms with Crippen LogP contribution in [0.5, 0.6) is 0 Å². The molecule has 0 bridgehead atoms. The Labute approximate surface area is 144 Å². The zero-order valence-corrected chi connectivity index (χ0v) is 15.2. The lowest BCUT2D eigenvalue weighted by Gasteiger charge is -2.10. The van der Waals surface area contributed by atoms with Crippen molar-refractivity contribution < 1.29 is 0 Å². The van der Waals surface area contributed by atoms with Crippen LogP contribution in [0.1, 0.15) is 11.5 Å². The lowest BCUT2D eigenvalue weighted by atomic mass is 10.3. The summed E-state index contributed by atoms with van der Waals surface area (Å²) < 4.78 is 4.07. The van der Waals surface area contributed by atoms with Crippen LogP contribution >= 0.6 is 43.5 Å². The van der Waals surface area contributed by atoms with E-state index in [1.165, 1.54) is 0 Å². The molecule has 0 spiro atoms. The maximum Gasteiger partial charge on any atom is 0.164 e. The molecule has 0 saturated heterocycles. The van der Waals surface area contributed by atoms with E-state index in [0.717, 1.165) is 37.3 Å². The third-order valence-electron chi connectivity index (χ3n) is 3.18. The fourth-order valence-corrected chi connectivity index (χ4v) is 3.66. The third-order valence-corrected chi connectivity index (χ3v) is 4.50. The Morgan fingerprint density at radius 2 is 1.95 bits per heavy atom. The van der Waals surface area contributed by atoms with E-state index in [9.17, 15) is 0 Å². The van der Waals surface area contributed by atoms with Gasteiger partial charge in [-0.3, -0.25) is 4.57 Å². The molecule has 3 aromatic rings. The van der Waals surface area contributed by atoms with Crippen molar-refractivity contribution in [2.45, 2.75) is 13.3 Å². The first-order valence-electron chi connectivity index (χ1n) is 6.46. The summed E-state index contributed by atoms with van der Waals surface area (Å²) in [6.07, 6.45) is 0.694. The predicted octanol–water partition coefficient (Wildman–Crippen LogP) is 5.04. The van der Waals surface area contributed by atoms with Crippen molar-refractivity contribution in [2.75, 3.05) is 5.88 Å². The highest BCUT2D eigenvalue weighted by Gasteiger charge is 2.15. The summed E-state index contributed by atoms with van der Waals surface area (Å²) >= 11 is 13.0. The molecule has 6 heteroatoms. The standard InChI is InChI=1S/C15H12Br2ClN3/c1-9-2-4-12-15(19-9)21(14(20-12)6-7-18)13-5-3-10(16)8-11(13)17/h2-5,8H,6-7H2,1H3. The van der Waals surface area contributed by atoms with Gasteiger partial charge in [0.2, 0.25) is 0 Å². The SMILES string of the molecule is Cc1ccc2nc(CCCl)n(-c3ccc(Br)cc3Br)c2n1. The quantitative estimate of drug-likeness (QED) is 0.547. The molecule has 1 aromatic carbocycles. The highest BCUT2D eigenvalue weighted by atomic mass is 79.9. The Kier molecular flexibility index (Phi) is 4.33. The van der Waals surface area contributed by atoms with E-state index in [0.29, 0.717) is 12.3 Å². The lowest BCUT2D eigenvalue weighted by Crippen LogP contribution is -2.04. The first-order chi connectivity index (χ1) is 10.1. The maximum atomic E-state index is 5.93. The maximum absolute atomic E-state index is 5.93. The molecule has 0 saturated carbocycles. The number of hydrogen-bond acceptors (Lipinski definition) is 2. The lowest BCUT2D eigenvalue weighted by molar-refractivity contribution is 0.901. The molecule has 0 aliphatic carbocycles. The number of aryl methyl sites for hydroxylation is 2. The topological polar surface area (TPSA) is 30.7 Å². The average Bonchev–Trinajstić information content (AvgIpc) is 2.77. The van der Waals surface area contributed by atoms with E-state index in [1.807, 2.05) is 37.3 Å². The van der Waals surface area contributed by atoms with Gasteiger partial charge >= 0.3 is 0 Å².